The lowest BCUT2D eigenvalue weighted by atomic mass is 9.87. The van der Waals surface area contributed by atoms with E-state index in [1.54, 1.807) is 38.1 Å². The third-order valence-electron chi connectivity index (χ3n) is 5.65. The van der Waals surface area contributed by atoms with Crippen LogP contribution in [0.2, 0.25) is 0 Å². The van der Waals surface area contributed by atoms with Crippen LogP contribution in [0.15, 0.2) is 54.2 Å². The van der Waals surface area contributed by atoms with E-state index in [4.69, 9.17) is 15.9 Å². The van der Waals surface area contributed by atoms with Gasteiger partial charge in [-0.25, -0.2) is 4.39 Å². The van der Waals surface area contributed by atoms with E-state index in [2.05, 4.69) is 5.32 Å². The predicted octanol–water partition coefficient (Wildman–Crippen LogP) is 4.75. The van der Waals surface area contributed by atoms with Crippen LogP contribution in [0.3, 0.4) is 0 Å². The van der Waals surface area contributed by atoms with Crippen molar-refractivity contribution >= 4 is 28.5 Å². The zero-order valence-corrected chi connectivity index (χ0v) is 17.0. The largest absolute Gasteiger partial charge is 0.492 e. The summed E-state index contributed by atoms with van der Waals surface area (Å²) in [5.74, 6) is -0.115. The molecule has 0 atom stereocenters. The monoisotopic (exact) mass is 405 g/mol. The Balaban J connectivity index is 1.57. The average Bonchev–Trinajstić information content (AvgIpc) is 3.46. The summed E-state index contributed by atoms with van der Waals surface area (Å²) in [7, 11) is 0. The molecule has 4 N–H and O–H groups in total. The summed E-state index contributed by atoms with van der Waals surface area (Å²) in [5.41, 5.74) is 10.6. The number of nitrogens with two attached hydrogens (primary N) is 1. The Hall–Kier alpha value is -3.41. The van der Waals surface area contributed by atoms with Crippen LogP contribution in [0.4, 0.5) is 10.1 Å². The Morgan fingerprint density at radius 3 is 2.50 bits per heavy atom. The number of hydrogen-bond acceptors (Lipinski definition) is 4. The predicted molar refractivity (Wildman–Crippen MR) is 117 cm³/mol. The molecule has 2 aromatic rings. The number of fused-ring (bicyclic) bond motifs is 1. The van der Waals surface area contributed by atoms with Crippen LogP contribution in [0, 0.1) is 16.6 Å². The molecule has 0 bridgehead atoms. The molecule has 1 aliphatic heterocycles. The lowest BCUT2D eigenvalue weighted by Crippen LogP contribution is -2.23. The van der Waals surface area contributed by atoms with E-state index in [9.17, 15) is 9.18 Å². The number of anilines is 1. The van der Waals surface area contributed by atoms with E-state index in [1.807, 2.05) is 12.1 Å². The number of hydrogen-bond donors (Lipinski definition) is 3. The molecule has 0 radical (unpaired) electrons. The highest BCUT2D eigenvalue weighted by Crippen LogP contribution is 2.59. The maximum absolute atomic E-state index is 13.6. The Kier molecular flexibility index (Phi) is 4.94. The number of allylic oxidation sites excluding steroid dienone is 2. The highest BCUT2D eigenvalue weighted by atomic mass is 19.1. The standard InChI is InChI=1S/C24H24FN3O2/c1-14(26)23(15(2)27)16-3-6-18(7-4-16)28-22(29)12-20-19-8-5-17(25)11-21(19)30-13-24(20)9-10-24/h3-8,11-12,26H,9-10,13,27H2,1-2H3,(H,28,29)/b20-12+,23-15?,26-14?. The van der Waals surface area contributed by atoms with Crippen LogP contribution in [0.25, 0.3) is 11.1 Å². The fraction of sp³-hybridized carbons (Fsp3) is 0.250. The second kappa shape index (κ2) is 7.44. The summed E-state index contributed by atoms with van der Waals surface area (Å²) in [5, 5.41) is 10.8. The molecule has 6 heteroatoms. The second-order valence-corrected chi connectivity index (χ2v) is 8.02. The first-order valence-corrected chi connectivity index (χ1v) is 9.87. The van der Waals surface area contributed by atoms with Crippen molar-refractivity contribution in [2.24, 2.45) is 11.1 Å². The van der Waals surface area contributed by atoms with E-state index in [0.717, 1.165) is 29.5 Å². The molecule has 1 saturated carbocycles. The van der Waals surface area contributed by atoms with Crippen molar-refractivity contribution in [2.45, 2.75) is 26.7 Å². The maximum Gasteiger partial charge on any atom is 0.248 e. The van der Waals surface area contributed by atoms with Crippen molar-refractivity contribution in [3.63, 3.8) is 0 Å². The highest BCUT2D eigenvalue weighted by molar-refractivity contribution is 6.21. The van der Waals surface area contributed by atoms with Gasteiger partial charge in [0, 0.05) is 45.8 Å². The van der Waals surface area contributed by atoms with Crippen LogP contribution in [0.5, 0.6) is 5.75 Å². The molecule has 1 aliphatic carbocycles. The van der Waals surface area contributed by atoms with Crippen molar-refractivity contribution in [3.05, 3.63) is 71.2 Å². The van der Waals surface area contributed by atoms with Gasteiger partial charge in [-0.05, 0) is 62.1 Å². The third-order valence-corrected chi connectivity index (χ3v) is 5.65. The average molecular weight is 405 g/mol. The molecular formula is C24H24FN3O2. The molecule has 1 heterocycles. The van der Waals surface area contributed by atoms with E-state index in [1.165, 1.54) is 12.1 Å². The molecule has 1 amide bonds. The first-order chi connectivity index (χ1) is 14.3. The summed E-state index contributed by atoms with van der Waals surface area (Å²) in [6.45, 7) is 3.92. The van der Waals surface area contributed by atoms with Gasteiger partial charge in [-0.15, -0.1) is 0 Å². The summed E-state index contributed by atoms with van der Waals surface area (Å²) < 4.78 is 19.3. The van der Waals surface area contributed by atoms with Crippen molar-refractivity contribution < 1.29 is 13.9 Å². The molecular weight excluding hydrogens is 381 g/mol. The molecule has 5 nitrogen and oxygen atoms in total. The van der Waals surface area contributed by atoms with Gasteiger partial charge in [-0.3, -0.25) is 4.79 Å². The molecule has 154 valence electrons. The number of carbonyl (C=O) groups excluding carboxylic acids is 1. The highest BCUT2D eigenvalue weighted by Gasteiger charge is 2.50. The van der Waals surface area contributed by atoms with Crippen LogP contribution in [-0.4, -0.2) is 18.2 Å². The maximum atomic E-state index is 13.6. The Labute approximate surface area is 174 Å². The fourth-order valence-corrected chi connectivity index (χ4v) is 3.98. The van der Waals surface area contributed by atoms with Gasteiger partial charge in [0.25, 0.3) is 0 Å². The van der Waals surface area contributed by atoms with Crippen LogP contribution in [-0.2, 0) is 4.79 Å². The van der Waals surface area contributed by atoms with Crippen LogP contribution in [0.1, 0.15) is 37.8 Å². The summed E-state index contributed by atoms with van der Waals surface area (Å²) in [6, 6.07) is 11.7. The van der Waals surface area contributed by atoms with E-state index in [0.29, 0.717) is 35.0 Å². The number of benzene rings is 2. The van der Waals surface area contributed by atoms with Crippen molar-refractivity contribution in [1.82, 2.24) is 0 Å². The normalized spacial score (nSPS) is 18.3. The molecule has 0 aromatic heterocycles. The number of amides is 1. The van der Waals surface area contributed by atoms with Crippen molar-refractivity contribution in [2.75, 3.05) is 11.9 Å². The van der Waals surface area contributed by atoms with Gasteiger partial charge in [0.1, 0.15) is 11.6 Å². The van der Waals surface area contributed by atoms with Gasteiger partial charge in [-0.1, -0.05) is 12.1 Å². The molecule has 2 aliphatic rings. The molecule has 30 heavy (non-hydrogen) atoms. The lowest BCUT2D eigenvalue weighted by Gasteiger charge is -2.28. The lowest BCUT2D eigenvalue weighted by molar-refractivity contribution is -0.111. The number of rotatable bonds is 4. The van der Waals surface area contributed by atoms with Gasteiger partial charge in [-0.2, -0.15) is 0 Å². The minimum Gasteiger partial charge on any atom is -0.492 e. The molecule has 1 spiro atoms. The molecule has 1 fully saturated rings. The SMILES string of the molecule is CC(=N)C(=C(C)N)c1ccc(NC(=O)/C=C2\c3ccc(F)cc3OCC23CC3)cc1. The third kappa shape index (κ3) is 3.73. The topological polar surface area (TPSA) is 88.2 Å². The van der Waals surface area contributed by atoms with Gasteiger partial charge >= 0.3 is 0 Å². The summed E-state index contributed by atoms with van der Waals surface area (Å²) >= 11 is 0. The Morgan fingerprint density at radius 1 is 1.20 bits per heavy atom. The van der Waals surface area contributed by atoms with Crippen molar-refractivity contribution in [3.8, 4) is 5.75 Å². The molecule has 2 aromatic carbocycles. The molecule has 0 saturated heterocycles. The minimum atomic E-state index is -0.356. The van der Waals surface area contributed by atoms with Gasteiger partial charge in [0.2, 0.25) is 5.91 Å². The Morgan fingerprint density at radius 2 is 1.90 bits per heavy atom. The minimum absolute atomic E-state index is 0.147. The van der Waals surface area contributed by atoms with E-state index in [-0.39, 0.29) is 17.1 Å². The van der Waals surface area contributed by atoms with E-state index < -0.39 is 0 Å². The van der Waals surface area contributed by atoms with Crippen LogP contribution >= 0.6 is 0 Å². The number of halogens is 1. The van der Waals surface area contributed by atoms with Crippen LogP contribution < -0.4 is 15.8 Å². The zero-order valence-electron chi connectivity index (χ0n) is 17.0. The smallest absolute Gasteiger partial charge is 0.248 e. The summed E-state index contributed by atoms with van der Waals surface area (Å²) in [4.78, 5) is 12.7. The second-order valence-electron chi connectivity index (χ2n) is 8.02. The first-order valence-electron chi connectivity index (χ1n) is 9.87. The quantitative estimate of drug-likeness (QED) is 0.507. The number of nitrogens with one attached hydrogen (secondary N) is 2. The number of carbonyl (C=O) groups is 1. The fourth-order valence-electron chi connectivity index (χ4n) is 3.98. The van der Waals surface area contributed by atoms with Gasteiger partial charge in [0.05, 0.1) is 6.61 Å². The number of ether oxygens (including phenoxy) is 1. The molecule has 4 rings (SSSR count). The first kappa shape index (κ1) is 19.9. The Bertz CT molecular complexity index is 1090. The molecule has 0 unspecified atom stereocenters. The summed E-state index contributed by atoms with van der Waals surface area (Å²) in [6.07, 6.45) is 3.51. The van der Waals surface area contributed by atoms with Gasteiger partial charge in [0.15, 0.2) is 0 Å². The zero-order chi connectivity index (χ0) is 21.5. The van der Waals surface area contributed by atoms with Gasteiger partial charge < -0.3 is 21.2 Å². The van der Waals surface area contributed by atoms with E-state index >= 15 is 0 Å². The van der Waals surface area contributed by atoms with Crippen molar-refractivity contribution in [1.29, 1.82) is 5.41 Å².